The van der Waals surface area contributed by atoms with E-state index < -0.39 is 0 Å². The summed E-state index contributed by atoms with van der Waals surface area (Å²) in [7, 11) is 5.70. The normalized spacial score (nSPS) is 15.0. The zero-order valence-corrected chi connectivity index (χ0v) is 19.8. The fourth-order valence-electron chi connectivity index (χ4n) is 3.53. The van der Waals surface area contributed by atoms with E-state index in [1.807, 2.05) is 13.1 Å². The molecule has 28 heavy (non-hydrogen) atoms. The number of hydrogen-bond donors (Lipinski definition) is 2. The maximum absolute atomic E-state index is 11.5. The van der Waals surface area contributed by atoms with Gasteiger partial charge in [-0.2, -0.15) is 0 Å². The quantitative estimate of drug-likeness (QED) is 0.249. The van der Waals surface area contributed by atoms with Gasteiger partial charge in [0.05, 0.1) is 0 Å². The number of hydrogen-bond acceptors (Lipinski definition) is 3. The van der Waals surface area contributed by atoms with Crippen LogP contribution >= 0.6 is 24.0 Å². The highest BCUT2D eigenvalue weighted by atomic mass is 127. The van der Waals surface area contributed by atoms with E-state index in [-0.39, 0.29) is 29.9 Å². The number of nitrogens with one attached hydrogen (secondary N) is 2. The van der Waals surface area contributed by atoms with Crippen LogP contribution in [0.25, 0.3) is 0 Å². The average molecular weight is 501 g/mol. The van der Waals surface area contributed by atoms with Crippen LogP contribution in [-0.4, -0.2) is 64.1 Å². The Morgan fingerprint density at radius 3 is 2.50 bits per heavy atom. The second-order valence-electron chi connectivity index (χ2n) is 7.25. The Morgan fingerprint density at radius 2 is 1.89 bits per heavy atom. The van der Waals surface area contributed by atoms with Crippen molar-refractivity contribution in [1.29, 1.82) is 0 Å². The summed E-state index contributed by atoms with van der Waals surface area (Å²) in [6.07, 6.45) is 5.00. The van der Waals surface area contributed by atoms with E-state index in [2.05, 4.69) is 56.7 Å². The molecule has 1 aromatic rings. The minimum absolute atomic E-state index is 0. The molecular weight excluding hydrogens is 465 g/mol. The summed E-state index contributed by atoms with van der Waals surface area (Å²) < 4.78 is 0. The molecule has 0 spiro atoms. The molecule has 158 valence electrons. The largest absolute Gasteiger partial charge is 0.375 e. The minimum atomic E-state index is 0. The first kappa shape index (κ1) is 24.5. The second-order valence-corrected chi connectivity index (χ2v) is 7.25. The van der Waals surface area contributed by atoms with Crippen LogP contribution in [0.2, 0.25) is 0 Å². The van der Waals surface area contributed by atoms with Crippen molar-refractivity contribution in [3.05, 3.63) is 30.3 Å². The fraction of sp³-hybridized carbons (Fsp3) is 0.619. The molecule has 1 fully saturated rings. The Hall–Kier alpha value is -1.51. The molecule has 1 aliphatic rings. The van der Waals surface area contributed by atoms with E-state index in [1.54, 1.807) is 7.05 Å². The molecule has 0 atom stereocenters. The van der Waals surface area contributed by atoms with Crippen molar-refractivity contribution in [3.8, 4) is 0 Å². The lowest BCUT2D eigenvalue weighted by Gasteiger charge is -2.34. The number of halogens is 1. The number of rotatable bonds is 8. The van der Waals surface area contributed by atoms with Gasteiger partial charge in [0.1, 0.15) is 0 Å². The zero-order chi connectivity index (χ0) is 19.5. The molecule has 0 bridgehead atoms. The predicted octanol–water partition coefficient (Wildman–Crippen LogP) is 2.94. The van der Waals surface area contributed by atoms with Crippen molar-refractivity contribution in [2.45, 2.75) is 32.1 Å². The molecular formula is C21H36IN5O. The van der Waals surface area contributed by atoms with Gasteiger partial charge in [0, 0.05) is 59.4 Å². The Kier molecular flexibility index (Phi) is 11.9. The summed E-state index contributed by atoms with van der Waals surface area (Å²) in [5.74, 6) is 1.63. The third-order valence-electron chi connectivity index (χ3n) is 5.28. The smallest absolute Gasteiger partial charge is 0.220 e. The van der Waals surface area contributed by atoms with Crippen LogP contribution in [0.1, 0.15) is 32.1 Å². The topological polar surface area (TPSA) is 60.0 Å². The lowest BCUT2D eigenvalue weighted by molar-refractivity contribution is -0.121. The Bertz CT molecular complexity index is 588. The van der Waals surface area contributed by atoms with Crippen molar-refractivity contribution in [2.75, 3.05) is 52.2 Å². The lowest BCUT2D eigenvalue weighted by atomic mass is 9.93. The molecule has 1 saturated heterocycles. The summed E-state index contributed by atoms with van der Waals surface area (Å²) in [5.41, 5.74) is 1.26. The van der Waals surface area contributed by atoms with Crippen molar-refractivity contribution in [1.82, 2.24) is 15.5 Å². The predicted molar refractivity (Wildman–Crippen MR) is 129 cm³/mol. The van der Waals surface area contributed by atoms with E-state index in [0.717, 1.165) is 57.8 Å². The van der Waals surface area contributed by atoms with Gasteiger partial charge in [-0.05, 0) is 43.7 Å². The van der Waals surface area contributed by atoms with Crippen molar-refractivity contribution < 1.29 is 4.79 Å². The summed E-state index contributed by atoms with van der Waals surface area (Å²) in [6, 6.07) is 10.5. The van der Waals surface area contributed by atoms with Gasteiger partial charge >= 0.3 is 0 Å². The number of amides is 1. The molecule has 1 aliphatic heterocycles. The number of nitrogens with zero attached hydrogens (tertiary/aromatic N) is 3. The Labute approximate surface area is 187 Å². The van der Waals surface area contributed by atoms with Gasteiger partial charge in [-0.3, -0.25) is 9.79 Å². The number of guanidine groups is 1. The molecule has 0 radical (unpaired) electrons. The van der Waals surface area contributed by atoms with E-state index >= 15 is 0 Å². The molecule has 0 aliphatic carbocycles. The molecule has 1 heterocycles. The number of piperidine rings is 1. The highest BCUT2D eigenvalue weighted by molar-refractivity contribution is 14.0. The summed E-state index contributed by atoms with van der Waals surface area (Å²) in [5, 5.41) is 6.22. The molecule has 2 N–H and O–H groups in total. The average Bonchev–Trinajstić information content (AvgIpc) is 2.72. The SMILES string of the molecule is CN=C(NCCCCN(C)c1ccccc1)N1CCC(CC(=O)NC)CC1.I. The molecule has 0 unspecified atom stereocenters. The zero-order valence-electron chi connectivity index (χ0n) is 17.5. The van der Waals surface area contributed by atoms with E-state index in [1.165, 1.54) is 5.69 Å². The highest BCUT2D eigenvalue weighted by Crippen LogP contribution is 2.20. The number of benzene rings is 1. The maximum atomic E-state index is 11.5. The molecule has 1 amide bonds. The van der Waals surface area contributed by atoms with Gasteiger partial charge in [0.2, 0.25) is 5.91 Å². The molecule has 0 saturated carbocycles. The van der Waals surface area contributed by atoms with E-state index in [4.69, 9.17) is 0 Å². The Balaban J connectivity index is 0.00000392. The highest BCUT2D eigenvalue weighted by Gasteiger charge is 2.22. The van der Waals surface area contributed by atoms with Crippen molar-refractivity contribution >= 4 is 41.5 Å². The molecule has 7 heteroatoms. The first-order valence-corrected chi connectivity index (χ1v) is 10.1. The number of carbonyl (C=O) groups is 1. The van der Waals surface area contributed by atoms with E-state index in [0.29, 0.717) is 12.3 Å². The van der Waals surface area contributed by atoms with Crippen molar-refractivity contribution in [2.24, 2.45) is 10.9 Å². The van der Waals surface area contributed by atoms with Gasteiger partial charge in [-0.15, -0.1) is 24.0 Å². The number of carbonyl (C=O) groups excluding carboxylic acids is 1. The number of anilines is 1. The summed E-state index contributed by atoms with van der Waals surface area (Å²) in [6.45, 7) is 3.93. The molecule has 0 aromatic heterocycles. The van der Waals surface area contributed by atoms with Crippen LogP contribution in [0.4, 0.5) is 5.69 Å². The first-order valence-electron chi connectivity index (χ1n) is 10.1. The van der Waals surface area contributed by atoms with Gasteiger partial charge in [0.15, 0.2) is 5.96 Å². The van der Waals surface area contributed by atoms with Crippen molar-refractivity contribution in [3.63, 3.8) is 0 Å². The monoisotopic (exact) mass is 501 g/mol. The maximum Gasteiger partial charge on any atom is 0.220 e. The number of unbranched alkanes of at least 4 members (excludes halogenated alkanes) is 1. The second kappa shape index (κ2) is 13.6. The minimum Gasteiger partial charge on any atom is -0.375 e. The summed E-state index contributed by atoms with van der Waals surface area (Å²) in [4.78, 5) is 20.6. The standard InChI is InChI=1S/C21H35N5O.HI/c1-22-20(27)17-18-11-15-26(16-12-18)21(23-2)24-13-7-8-14-25(3)19-9-5-4-6-10-19;/h4-6,9-10,18H,7-8,11-17H2,1-3H3,(H,22,27)(H,23,24);1H. The fourth-order valence-corrected chi connectivity index (χ4v) is 3.53. The van der Waals surface area contributed by atoms with Crippen LogP contribution < -0.4 is 15.5 Å². The molecule has 2 rings (SSSR count). The van der Waals surface area contributed by atoms with Crippen LogP contribution in [0.5, 0.6) is 0 Å². The molecule has 6 nitrogen and oxygen atoms in total. The van der Waals surface area contributed by atoms with Crippen LogP contribution in [0, 0.1) is 5.92 Å². The van der Waals surface area contributed by atoms with Gasteiger partial charge in [0.25, 0.3) is 0 Å². The molecule has 1 aromatic carbocycles. The van der Waals surface area contributed by atoms with E-state index in [9.17, 15) is 4.79 Å². The third kappa shape index (κ3) is 8.24. The van der Waals surface area contributed by atoms with Gasteiger partial charge in [-0.25, -0.2) is 0 Å². The van der Waals surface area contributed by atoms with Gasteiger partial charge in [-0.1, -0.05) is 18.2 Å². The Morgan fingerprint density at radius 1 is 1.21 bits per heavy atom. The number of aliphatic imine (C=N–C) groups is 1. The number of para-hydroxylation sites is 1. The first-order chi connectivity index (χ1) is 13.1. The third-order valence-corrected chi connectivity index (χ3v) is 5.28. The van der Waals surface area contributed by atoms with Crippen LogP contribution in [0.3, 0.4) is 0 Å². The van der Waals surface area contributed by atoms with Crippen LogP contribution in [-0.2, 0) is 4.79 Å². The lowest BCUT2D eigenvalue weighted by Crippen LogP contribution is -2.46. The summed E-state index contributed by atoms with van der Waals surface area (Å²) >= 11 is 0. The number of likely N-dealkylation sites (tertiary alicyclic amines) is 1. The van der Waals surface area contributed by atoms with Crippen LogP contribution in [0.15, 0.2) is 35.3 Å². The van der Waals surface area contributed by atoms with Gasteiger partial charge < -0.3 is 20.4 Å².